The third kappa shape index (κ3) is 2.94. The fourth-order valence-corrected chi connectivity index (χ4v) is 2.90. The summed E-state index contributed by atoms with van der Waals surface area (Å²) < 4.78 is 28.0. The third-order valence-electron chi connectivity index (χ3n) is 4.10. The van der Waals surface area contributed by atoms with E-state index in [0.717, 1.165) is 25.7 Å². The van der Waals surface area contributed by atoms with E-state index >= 15 is 0 Å². The number of allylic oxidation sites excluding steroid dienone is 2. The maximum atomic E-state index is 14.1. The molecule has 0 heterocycles. The van der Waals surface area contributed by atoms with E-state index in [4.69, 9.17) is 0 Å². The lowest BCUT2D eigenvalue weighted by molar-refractivity contribution is 0.364. The van der Waals surface area contributed by atoms with Crippen LogP contribution in [-0.2, 0) is 6.42 Å². The number of benzene rings is 1. The molecule has 2 rings (SSSR count). The zero-order valence-corrected chi connectivity index (χ0v) is 11.2. The highest BCUT2D eigenvalue weighted by molar-refractivity contribution is 5.30. The van der Waals surface area contributed by atoms with Gasteiger partial charge < -0.3 is 0 Å². The van der Waals surface area contributed by atoms with Gasteiger partial charge in [0.25, 0.3) is 0 Å². The molecule has 19 heavy (non-hydrogen) atoms. The number of hydrogen-bond donors (Lipinski definition) is 0. The Bertz CT molecular complexity index is 468. The van der Waals surface area contributed by atoms with Crippen LogP contribution in [0.15, 0.2) is 37.4 Å². The van der Waals surface area contributed by atoms with Gasteiger partial charge in [-0.05, 0) is 55.1 Å². The number of rotatable bonds is 4. The molecule has 0 aromatic heterocycles. The molecule has 0 N–H and O–H groups in total. The van der Waals surface area contributed by atoms with Gasteiger partial charge in [0, 0.05) is 0 Å². The van der Waals surface area contributed by atoms with Crippen LogP contribution in [0, 0.1) is 17.6 Å². The van der Waals surface area contributed by atoms with Crippen LogP contribution in [0.3, 0.4) is 0 Å². The normalized spacial score (nSPS) is 23.1. The molecule has 1 aliphatic carbocycles. The van der Waals surface area contributed by atoms with Gasteiger partial charge in [-0.2, -0.15) is 0 Å². The van der Waals surface area contributed by atoms with Crippen LogP contribution in [0.2, 0.25) is 0 Å². The molecule has 1 saturated carbocycles. The molecule has 0 radical (unpaired) electrons. The SMILES string of the molecule is C=CCc1ccc(C2CCC(C=C)CC2)c(F)c1F. The van der Waals surface area contributed by atoms with Gasteiger partial charge in [-0.1, -0.05) is 24.3 Å². The standard InChI is InChI=1S/C17H20F2/c1-3-5-14-10-11-15(17(19)16(14)18)13-8-6-12(4-2)7-9-13/h3-4,10-13H,1-2,5-9H2. The second-order valence-corrected chi connectivity index (χ2v) is 5.28. The predicted octanol–water partition coefficient (Wildman–Crippen LogP) is 5.15. The molecule has 1 fully saturated rings. The van der Waals surface area contributed by atoms with E-state index < -0.39 is 11.6 Å². The highest BCUT2D eigenvalue weighted by atomic mass is 19.2. The molecular weight excluding hydrogens is 242 g/mol. The molecule has 1 aromatic carbocycles. The summed E-state index contributed by atoms with van der Waals surface area (Å²) in [4.78, 5) is 0. The predicted molar refractivity (Wildman–Crippen MR) is 75.2 cm³/mol. The quantitative estimate of drug-likeness (QED) is 0.658. The Labute approximate surface area is 113 Å². The van der Waals surface area contributed by atoms with Crippen LogP contribution in [0.25, 0.3) is 0 Å². The van der Waals surface area contributed by atoms with E-state index in [2.05, 4.69) is 13.2 Å². The Kier molecular flexibility index (Phi) is 4.52. The molecule has 0 nitrogen and oxygen atoms in total. The lowest BCUT2D eigenvalue weighted by Crippen LogP contribution is -2.13. The molecule has 0 unspecified atom stereocenters. The monoisotopic (exact) mass is 262 g/mol. The van der Waals surface area contributed by atoms with Crippen molar-refractivity contribution in [1.29, 1.82) is 0 Å². The zero-order valence-electron chi connectivity index (χ0n) is 11.2. The van der Waals surface area contributed by atoms with Crippen molar-refractivity contribution in [2.24, 2.45) is 5.92 Å². The Morgan fingerprint density at radius 3 is 2.32 bits per heavy atom. The Morgan fingerprint density at radius 2 is 1.74 bits per heavy atom. The summed E-state index contributed by atoms with van der Waals surface area (Å²) in [6.45, 7) is 7.36. The van der Waals surface area contributed by atoms with Gasteiger partial charge >= 0.3 is 0 Å². The molecule has 0 aliphatic heterocycles. The van der Waals surface area contributed by atoms with E-state index in [1.165, 1.54) is 0 Å². The summed E-state index contributed by atoms with van der Waals surface area (Å²) in [5.74, 6) is -0.697. The summed E-state index contributed by atoms with van der Waals surface area (Å²) in [5.41, 5.74) is 0.920. The minimum Gasteiger partial charge on any atom is -0.203 e. The molecule has 0 spiro atoms. The van der Waals surface area contributed by atoms with E-state index in [-0.39, 0.29) is 5.92 Å². The maximum absolute atomic E-state index is 14.1. The summed E-state index contributed by atoms with van der Waals surface area (Å²) in [6, 6.07) is 3.44. The molecule has 0 saturated heterocycles. The summed E-state index contributed by atoms with van der Waals surface area (Å²) in [6.07, 6.45) is 7.79. The van der Waals surface area contributed by atoms with Gasteiger partial charge in [0.05, 0.1) is 0 Å². The van der Waals surface area contributed by atoms with Crippen molar-refractivity contribution in [1.82, 2.24) is 0 Å². The van der Waals surface area contributed by atoms with Crippen LogP contribution < -0.4 is 0 Å². The van der Waals surface area contributed by atoms with Crippen molar-refractivity contribution < 1.29 is 8.78 Å². The smallest absolute Gasteiger partial charge is 0.162 e. The average molecular weight is 262 g/mol. The Balaban J connectivity index is 2.19. The fraction of sp³-hybridized carbons (Fsp3) is 0.412. The minimum absolute atomic E-state index is 0.142. The van der Waals surface area contributed by atoms with Gasteiger partial charge in [0.15, 0.2) is 11.6 Å². The molecule has 1 aliphatic rings. The molecule has 0 amide bonds. The zero-order chi connectivity index (χ0) is 13.8. The Hall–Kier alpha value is -1.44. The molecule has 2 heteroatoms. The lowest BCUT2D eigenvalue weighted by atomic mass is 9.78. The first-order valence-electron chi connectivity index (χ1n) is 6.87. The van der Waals surface area contributed by atoms with E-state index in [1.54, 1.807) is 18.2 Å². The van der Waals surface area contributed by atoms with Gasteiger partial charge in [0.1, 0.15) is 0 Å². The Morgan fingerprint density at radius 1 is 1.05 bits per heavy atom. The van der Waals surface area contributed by atoms with Crippen LogP contribution in [0.4, 0.5) is 8.78 Å². The molecular formula is C17H20F2. The van der Waals surface area contributed by atoms with E-state index in [1.807, 2.05) is 6.08 Å². The summed E-state index contributed by atoms with van der Waals surface area (Å²) >= 11 is 0. The summed E-state index contributed by atoms with van der Waals surface area (Å²) in [5, 5.41) is 0. The first-order valence-corrected chi connectivity index (χ1v) is 6.87. The van der Waals surface area contributed by atoms with Crippen LogP contribution >= 0.6 is 0 Å². The highest BCUT2D eigenvalue weighted by Gasteiger charge is 2.24. The van der Waals surface area contributed by atoms with Gasteiger partial charge in [-0.3, -0.25) is 0 Å². The number of hydrogen-bond acceptors (Lipinski definition) is 0. The van der Waals surface area contributed by atoms with Crippen molar-refractivity contribution in [3.63, 3.8) is 0 Å². The maximum Gasteiger partial charge on any atom is 0.162 e. The fourth-order valence-electron chi connectivity index (χ4n) is 2.90. The second kappa shape index (κ2) is 6.14. The van der Waals surface area contributed by atoms with Crippen molar-refractivity contribution in [2.75, 3.05) is 0 Å². The molecule has 102 valence electrons. The lowest BCUT2D eigenvalue weighted by Gasteiger charge is -2.27. The van der Waals surface area contributed by atoms with E-state index in [9.17, 15) is 8.78 Å². The van der Waals surface area contributed by atoms with Gasteiger partial charge in [0.2, 0.25) is 0 Å². The van der Waals surface area contributed by atoms with Gasteiger partial charge in [-0.25, -0.2) is 8.78 Å². The first kappa shape index (κ1) is 14.0. The molecule has 0 bridgehead atoms. The van der Waals surface area contributed by atoms with Crippen LogP contribution in [-0.4, -0.2) is 0 Å². The largest absolute Gasteiger partial charge is 0.203 e. The number of halogens is 2. The van der Waals surface area contributed by atoms with E-state index in [0.29, 0.717) is 23.5 Å². The second-order valence-electron chi connectivity index (χ2n) is 5.28. The van der Waals surface area contributed by atoms with Crippen molar-refractivity contribution in [3.8, 4) is 0 Å². The first-order chi connectivity index (χ1) is 9.17. The van der Waals surface area contributed by atoms with Crippen LogP contribution in [0.1, 0.15) is 42.7 Å². The van der Waals surface area contributed by atoms with Crippen molar-refractivity contribution in [2.45, 2.75) is 38.0 Å². The summed E-state index contributed by atoms with van der Waals surface area (Å²) in [7, 11) is 0. The molecule has 0 atom stereocenters. The van der Waals surface area contributed by atoms with Gasteiger partial charge in [-0.15, -0.1) is 13.2 Å². The highest BCUT2D eigenvalue weighted by Crippen LogP contribution is 2.37. The minimum atomic E-state index is -0.705. The van der Waals surface area contributed by atoms with Crippen LogP contribution in [0.5, 0.6) is 0 Å². The third-order valence-corrected chi connectivity index (χ3v) is 4.10. The van der Waals surface area contributed by atoms with Crippen molar-refractivity contribution >= 4 is 0 Å². The molecule has 1 aromatic rings. The van der Waals surface area contributed by atoms with Crippen molar-refractivity contribution in [3.05, 3.63) is 60.2 Å². The topological polar surface area (TPSA) is 0 Å². The average Bonchev–Trinajstić information content (AvgIpc) is 2.45.